The molecular formula is C25H25N5O3S. The van der Waals surface area contributed by atoms with E-state index in [1.807, 2.05) is 67.3 Å². The first-order valence-corrected chi connectivity index (χ1v) is 12.0. The molecule has 4 aromatic rings. The third-order valence-electron chi connectivity index (χ3n) is 5.90. The minimum atomic E-state index is -0.209. The van der Waals surface area contributed by atoms with E-state index in [0.29, 0.717) is 37.0 Å². The van der Waals surface area contributed by atoms with Gasteiger partial charge in [0.2, 0.25) is 4.96 Å². The first kappa shape index (κ1) is 22.1. The molecule has 34 heavy (non-hydrogen) atoms. The second kappa shape index (κ2) is 9.26. The Morgan fingerprint density at radius 1 is 1.03 bits per heavy atom. The van der Waals surface area contributed by atoms with Crippen molar-refractivity contribution in [2.24, 2.45) is 0 Å². The topological polar surface area (TPSA) is 80.0 Å². The molecule has 3 heterocycles. The predicted octanol–water partition coefficient (Wildman–Crippen LogP) is 3.16. The van der Waals surface area contributed by atoms with E-state index in [2.05, 4.69) is 10.1 Å². The Kier molecular flexibility index (Phi) is 6.02. The minimum Gasteiger partial charge on any atom is -0.483 e. The standard InChI is InChI=1S/C25H25N5O3S/c1-17-8-9-18(2)20(14-17)33-16-23(32)29-12-10-28(11-13-29)21-15-22(31)30-25(26-21)34-24(27-30)19-6-4-3-5-7-19/h3-9,14-15H,10-13,16H2,1-2H3. The van der Waals surface area contributed by atoms with Crippen LogP contribution in [-0.4, -0.2) is 58.2 Å². The van der Waals surface area contributed by atoms with Gasteiger partial charge in [0.1, 0.15) is 16.6 Å². The Morgan fingerprint density at radius 3 is 2.56 bits per heavy atom. The van der Waals surface area contributed by atoms with Crippen LogP contribution in [0.1, 0.15) is 11.1 Å². The molecule has 9 heteroatoms. The fourth-order valence-corrected chi connectivity index (χ4v) is 4.84. The van der Waals surface area contributed by atoms with Crippen LogP contribution in [-0.2, 0) is 4.79 Å². The van der Waals surface area contributed by atoms with E-state index in [0.717, 1.165) is 27.4 Å². The molecule has 1 aliphatic rings. The number of rotatable bonds is 5. The molecular weight excluding hydrogens is 450 g/mol. The monoisotopic (exact) mass is 475 g/mol. The molecule has 0 spiro atoms. The van der Waals surface area contributed by atoms with Crippen LogP contribution in [0.3, 0.4) is 0 Å². The van der Waals surface area contributed by atoms with Crippen molar-refractivity contribution in [1.29, 1.82) is 0 Å². The number of hydrogen-bond donors (Lipinski definition) is 0. The lowest BCUT2D eigenvalue weighted by atomic mass is 10.1. The molecule has 0 unspecified atom stereocenters. The molecule has 0 bridgehead atoms. The van der Waals surface area contributed by atoms with Crippen molar-refractivity contribution in [1.82, 2.24) is 19.5 Å². The van der Waals surface area contributed by atoms with Gasteiger partial charge in [0.05, 0.1) is 0 Å². The highest BCUT2D eigenvalue weighted by molar-refractivity contribution is 7.19. The van der Waals surface area contributed by atoms with Crippen LogP contribution in [0, 0.1) is 13.8 Å². The van der Waals surface area contributed by atoms with Crippen molar-refractivity contribution in [2.75, 3.05) is 37.7 Å². The molecule has 1 fully saturated rings. The molecule has 1 saturated heterocycles. The molecule has 0 aliphatic carbocycles. The number of carbonyl (C=O) groups is 1. The summed E-state index contributed by atoms with van der Waals surface area (Å²) in [6.07, 6.45) is 0. The third-order valence-corrected chi connectivity index (χ3v) is 6.86. The van der Waals surface area contributed by atoms with E-state index in [9.17, 15) is 9.59 Å². The van der Waals surface area contributed by atoms with E-state index >= 15 is 0 Å². The number of carbonyl (C=O) groups excluding carboxylic acids is 1. The van der Waals surface area contributed by atoms with Gasteiger partial charge in [-0.1, -0.05) is 53.8 Å². The summed E-state index contributed by atoms with van der Waals surface area (Å²) in [7, 11) is 0. The van der Waals surface area contributed by atoms with Crippen molar-refractivity contribution in [3.05, 3.63) is 76.1 Å². The van der Waals surface area contributed by atoms with Gasteiger partial charge in [-0.15, -0.1) is 0 Å². The van der Waals surface area contributed by atoms with Gasteiger partial charge in [-0.2, -0.15) is 9.61 Å². The van der Waals surface area contributed by atoms with E-state index in [1.54, 1.807) is 4.90 Å². The number of ether oxygens (including phenoxy) is 1. The molecule has 0 N–H and O–H groups in total. The molecule has 1 aliphatic heterocycles. The van der Waals surface area contributed by atoms with Crippen LogP contribution < -0.4 is 15.2 Å². The van der Waals surface area contributed by atoms with Gasteiger partial charge >= 0.3 is 0 Å². The van der Waals surface area contributed by atoms with Gasteiger partial charge in [0, 0.05) is 37.8 Å². The maximum absolute atomic E-state index is 12.7. The summed E-state index contributed by atoms with van der Waals surface area (Å²) in [6, 6.07) is 17.2. The summed E-state index contributed by atoms with van der Waals surface area (Å²) >= 11 is 1.39. The highest BCUT2D eigenvalue weighted by Gasteiger charge is 2.23. The van der Waals surface area contributed by atoms with Crippen LogP contribution in [0.2, 0.25) is 0 Å². The lowest BCUT2D eigenvalue weighted by Crippen LogP contribution is -2.50. The second-order valence-corrected chi connectivity index (χ2v) is 9.30. The molecule has 2 aromatic heterocycles. The Morgan fingerprint density at radius 2 is 1.79 bits per heavy atom. The number of piperazine rings is 1. The van der Waals surface area contributed by atoms with Crippen LogP contribution in [0.5, 0.6) is 5.75 Å². The van der Waals surface area contributed by atoms with E-state index in [4.69, 9.17) is 4.74 Å². The lowest BCUT2D eigenvalue weighted by Gasteiger charge is -2.35. The molecule has 1 amide bonds. The smallest absolute Gasteiger partial charge is 0.277 e. The summed E-state index contributed by atoms with van der Waals surface area (Å²) in [6.45, 7) is 6.28. The number of nitrogens with zero attached hydrogens (tertiary/aromatic N) is 5. The second-order valence-electron chi connectivity index (χ2n) is 8.35. The number of aromatic nitrogens is 3. The fraction of sp³-hybridized carbons (Fsp3) is 0.280. The number of fused-ring (bicyclic) bond motifs is 1. The number of benzene rings is 2. The Labute approximate surface area is 201 Å². The normalized spacial score (nSPS) is 13.9. The van der Waals surface area contributed by atoms with Crippen molar-refractivity contribution >= 4 is 28.0 Å². The number of amides is 1. The highest BCUT2D eigenvalue weighted by Crippen LogP contribution is 2.25. The Bertz CT molecular complexity index is 1390. The van der Waals surface area contributed by atoms with Crippen LogP contribution >= 0.6 is 11.3 Å². The van der Waals surface area contributed by atoms with Gasteiger partial charge in [-0.25, -0.2) is 4.98 Å². The highest BCUT2D eigenvalue weighted by atomic mass is 32.1. The van der Waals surface area contributed by atoms with E-state index < -0.39 is 0 Å². The summed E-state index contributed by atoms with van der Waals surface area (Å²) in [5, 5.41) is 5.19. The fourth-order valence-electron chi connectivity index (χ4n) is 3.94. The largest absolute Gasteiger partial charge is 0.483 e. The number of aryl methyl sites for hydroxylation is 2. The quantitative estimate of drug-likeness (QED) is 0.441. The summed E-state index contributed by atoms with van der Waals surface area (Å²) < 4.78 is 7.13. The maximum Gasteiger partial charge on any atom is 0.277 e. The predicted molar refractivity (Wildman–Crippen MR) is 133 cm³/mol. The van der Waals surface area contributed by atoms with Crippen LogP contribution in [0.15, 0.2) is 59.4 Å². The first-order valence-electron chi connectivity index (χ1n) is 11.2. The van der Waals surface area contributed by atoms with Gasteiger partial charge in [-0.05, 0) is 31.0 Å². The number of anilines is 1. The SMILES string of the molecule is Cc1ccc(C)c(OCC(=O)N2CCN(c3cc(=O)n4nc(-c5ccccc5)sc4n3)CC2)c1. The molecule has 8 nitrogen and oxygen atoms in total. The number of hydrogen-bond acceptors (Lipinski definition) is 7. The molecule has 2 aromatic carbocycles. The van der Waals surface area contributed by atoms with Gasteiger partial charge in [-0.3, -0.25) is 9.59 Å². The minimum absolute atomic E-state index is 0.0129. The summed E-state index contributed by atoms with van der Waals surface area (Å²) in [5.74, 6) is 1.32. The first-order chi connectivity index (χ1) is 16.5. The molecule has 0 saturated carbocycles. The Balaban J connectivity index is 1.24. The van der Waals surface area contributed by atoms with Crippen molar-refractivity contribution in [3.63, 3.8) is 0 Å². The van der Waals surface area contributed by atoms with Gasteiger partial charge < -0.3 is 14.5 Å². The van der Waals surface area contributed by atoms with Crippen molar-refractivity contribution in [3.8, 4) is 16.3 Å². The molecule has 174 valence electrons. The van der Waals surface area contributed by atoms with Crippen molar-refractivity contribution in [2.45, 2.75) is 13.8 Å². The average Bonchev–Trinajstić information content (AvgIpc) is 3.30. The van der Waals surface area contributed by atoms with Crippen molar-refractivity contribution < 1.29 is 9.53 Å². The van der Waals surface area contributed by atoms with Gasteiger partial charge in [0.25, 0.3) is 11.5 Å². The maximum atomic E-state index is 12.7. The molecule has 5 rings (SSSR count). The average molecular weight is 476 g/mol. The van der Waals surface area contributed by atoms with Crippen LogP contribution in [0.4, 0.5) is 5.82 Å². The zero-order valence-electron chi connectivity index (χ0n) is 19.1. The zero-order chi connectivity index (χ0) is 23.7. The molecule has 0 radical (unpaired) electrons. The summed E-state index contributed by atoms with van der Waals surface area (Å²) in [5.41, 5.74) is 2.85. The van der Waals surface area contributed by atoms with Gasteiger partial charge in [0.15, 0.2) is 6.61 Å². The lowest BCUT2D eigenvalue weighted by molar-refractivity contribution is -0.133. The molecule has 0 atom stereocenters. The van der Waals surface area contributed by atoms with E-state index in [-0.39, 0.29) is 18.1 Å². The Hall–Kier alpha value is -3.72. The zero-order valence-corrected chi connectivity index (χ0v) is 19.9. The van der Waals surface area contributed by atoms with E-state index in [1.165, 1.54) is 21.9 Å². The summed E-state index contributed by atoms with van der Waals surface area (Å²) in [4.78, 5) is 34.5. The third kappa shape index (κ3) is 4.51. The van der Waals surface area contributed by atoms with Crippen LogP contribution in [0.25, 0.3) is 15.5 Å².